The molecule has 1 saturated heterocycles. The van der Waals surface area contributed by atoms with Gasteiger partial charge >= 0.3 is 0 Å². The third-order valence-corrected chi connectivity index (χ3v) is 4.72. The number of rotatable bonds is 3. The van der Waals surface area contributed by atoms with E-state index in [0.29, 0.717) is 12.3 Å². The van der Waals surface area contributed by atoms with E-state index < -0.39 is 0 Å². The van der Waals surface area contributed by atoms with Gasteiger partial charge in [-0.25, -0.2) is 0 Å². The molecule has 1 aliphatic heterocycles. The average molecular weight is 296 g/mol. The highest BCUT2D eigenvalue weighted by Crippen LogP contribution is 2.21. The molecule has 0 bridgehead atoms. The van der Waals surface area contributed by atoms with Crippen molar-refractivity contribution >= 4 is 16.7 Å². The molecule has 0 aliphatic carbocycles. The summed E-state index contributed by atoms with van der Waals surface area (Å²) in [5, 5.41) is 2.41. The molecule has 2 aromatic carbocycles. The van der Waals surface area contributed by atoms with Gasteiger partial charge in [0.05, 0.1) is 6.42 Å². The third-order valence-electron chi connectivity index (χ3n) is 4.72. The van der Waals surface area contributed by atoms with Gasteiger partial charge in [-0.1, -0.05) is 42.5 Å². The number of nitrogens with two attached hydrogens (primary N) is 1. The second kappa shape index (κ2) is 6.49. The van der Waals surface area contributed by atoms with Gasteiger partial charge in [-0.3, -0.25) is 4.79 Å². The molecule has 1 fully saturated rings. The molecular weight excluding hydrogens is 272 g/mol. The number of likely N-dealkylation sites (tertiary alicyclic amines) is 1. The van der Waals surface area contributed by atoms with Gasteiger partial charge in [-0.2, -0.15) is 0 Å². The second-order valence-corrected chi connectivity index (χ2v) is 6.46. The van der Waals surface area contributed by atoms with E-state index in [0.717, 1.165) is 31.5 Å². The number of carbonyl (C=O) groups excluding carboxylic acids is 1. The predicted octanol–water partition coefficient (Wildman–Crippen LogP) is 2.97. The lowest BCUT2D eigenvalue weighted by Crippen LogP contribution is -2.45. The summed E-state index contributed by atoms with van der Waals surface area (Å²) >= 11 is 0. The van der Waals surface area contributed by atoms with Gasteiger partial charge < -0.3 is 10.6 Å². The minimum Gasteiger partial charge on any atom is -0.342 e. The van der Waals surface area contributed by atoms with E-state index in [1.165, 1.54) is 10.8 Å². The number of benzene rings is 2. The maximum Gasteiger partial charge on any atom is 0.226 e. The average Bonchev–Trinajstić information content (AvgIpc) is 2.55. The van der Waals surface area contributed by atoms with Gasteiger partial charge in [-0.05, 0) is 42.0 Å². The molecule has 0 radical (unpaired) electrons. The Bertz CT molecular complexity index is 665. The highest BCUT2D eigenvalue weighted by Gasteiger charge is 2.25. The molecule has 2 unspecified atom stereocenters. The van der Waals surface area contributed by atoms with Crippen LogP contribution in [-0.4, -0.2) is 29.9 Å². The number of hydrogen-bond donors (Lipinski definition) is 1. The first-order valence-corrected chi connectivity index (χ1v) is 8.14. The molecule has 2 aromatic rings. The molecule has 3 heteroatoms. The van der Waals surface area contributed by atoms with Gasteiger partial charge in [-0.15, -0.1) is 0 Å². The Kier molecular flexibility index (Phi) is 4.44. The summed E-state index contributed by atoms with van der Waals surface area (Å²) in [4.78, 5) is 14.5. The van der Waals surface area contributed by atoms with Crippen LogP contribution in [0.4, 0.5) is 0 Å². The molecule has 22 heavy (non-hydrogen) atoms. The molecule has 2 N–H and O–H groups in total. The van der Waals surface area contributed by atoms with Crippen molar-refractivity contribution in [3.8, 4) is 0 Å². The standard InChI is InChI=1S/C19H24N2O/c1-14(20)18-7-4-10-21(13-18)19(22)12-15-8-9-16-5-2-3-6-17(16)11-15/h2-3,5-6,8-9,11,14,18H,4,7,10,12-13,20H2,1H3. The van der Waals surface area contributed by atoms with Crippen molar-refractivity contribution in [3.05, 3.63) is 48.0 Å². The monoisotopic (exact) mass is 296 g/mol. The maximum atomic E-state index is 12.6. The van der Waals surface area contributed by atoms with Crippen LogP contribution in [0.25, 0.3) is 10.8 Å². The van der Waals surface area contributed by atoms with Crippen molar-refractivity contribution < 1.29 is 4.79 Å². The molecular formula is C19H24N2O. The zero-order valence-electron chi connectivity index (χ0n) is 13.2. The summed E-state index contributed by atoms with van der Waals surface area (Å²) < 4.78 is 0. The molecule has 0 spiro atoms. The summed E-state index contributed by atoms with van der Waals surface area (Å²) in [5.74, 6) is 0.662. The van der Waals surface area contributed by atoms with Crippen molar-refractivity contribution in [2.75, 3.05) is 13.1 Å². The van der Waals surface area contributed by atoms with Crippen molar-refractivity contribution in [2.45, 2.75) is 32.2 Å². The Morgan fingerprint density at radius 3 is 2.82 bits per heavy atom. The van der Waals surface area contributed by atoms with E-state index in [4.69, 9.17) is 5.73 Å². The Balaban J connectivity index is 1.69. The van der Waals surface area contributed by atoms with E-state index in [9.17, 15) is 4.79 Å². The summed E-state index contributed by atoms with van der Waals surface area (Å²) in [5.41, 5.74) is 7.10. The molecule has 116 valence electrons. The molecule has 3 nitrogen and oxygen atoms in total. The highest BCUT2D eigenvalue weighted by molar-refractivity contribution is 5.85. The smallest absolute Gasteiger partial charge is 0.226 e. The van der Waals surface area contributed by atoms with Crippen LogP contribution in [0.5, 0.6) is 0 Å². The molecule has 0 saturated carbocycles. The fourth-order valence-corrected chi connectivity index (χ4v) is 3.30. The number of piperidine rings is 1. The van der Waals surface area contributed by atoms with Crippen LogP contribution in [0.1, 0.15) is 25.3 Å². The van der Waals surface area contributed by atoms with Crippen molar-refractivity contribution in [1.82, 2.24) is 4.90 Å². The Hall–Kier alpha value is -1.87. The molecule has 1 aliphatic rings. The van der Waals surface area contributed by atoms with E-state index >= 15 is 0 Å². The second-order valence-electron chi connectivity index (χ2n) is 6.46. The summed E-state index contributed by atoms with van der Waals surface area (Å²) in [7, 11) is 0. The lowest BCUT2D eigenvalue weighted by molar-refractivity contribution is -0.132. The SMILES string of the molecule is CC(N)C1CCCN(C(=O)Cc2ccc3ccccc3c2)C1. The summed E-state index contributed by atoms with van der Waals surface area (Å²) in [6.45, 7) is 3.72. The molecule has 1 heterocycles. The third kappa shape index (κ3) is 3.30. The quantitative estimate of drug-likeness (QED) is 0.946. The topological polar surface area (TPSA) is 46.3 Å². The Morgan fingerprint density at radius 2 is 2.05 bits per heavy atom. The number of nitrogens with zero attached hydrogens (tertiary/aromatic N) is 1. The van der Waals surface area contributed by atoms with Crippen molar-refractivity contribution in [2.24, 2.45) is 11.7 Å². The first-order valence-electron chi connectivity index (χ1n) is 8.14. The van der Waals surface area contributed by atoms with Gasteiger partial charge in [0.25, 0.3) is 0 Å². The zero-order chi connectivity index (χ0) is 15.5. The van der Waals surface area contributed by atoms with E-state index in [-0.39, 0.29) is 11.9 Å². The lowest BCUT2D eigenvalue weighted by atomic mass is 9.92. The number of amides is 1. The van der Waals surface area contributed by atoms with Crippen LogP contribution in [0, 0.1) is 5.92 Å². The Morgan fingerprint density at radius 1 is 1.27 bits per heavy atom. The first kappa shape index (κ1) is 15.0. The van der Waals surface area contributed by atoms with Gasteiger partial charge in [0.15, 0.2) is 0 Å². The molecule has 1 amide bonds. The van der Waals surface area contributed by atoms with Crippen molar-refractivity contribution in [3.63, 3.8) is 0 Å². The van der Waals surface area contributed by atoms with Crippen LogP contribution < -0.4 is 5.73 Å². The fourth-order valence-electron chi connectivity index (χ4n) is 3.30. The van der Waals surface area contributed by atoms with E-state index in [1.807, 2.05) is 24.0 Å². The maximum absolute atomic E-state index is 12.6. The van der Waals surface area contributed by atoms with Crippen LogP contribution >= 0.6 is 0 Å². The minimum atomic E-state index is 0.163. The zero-order valence-corrected chi connectivity index (χ0v) is 13.2. The largest absolute Gasteiger partial charge is 0.342 e. The highest BCUT2D eigenvalue weighted by atomic mass is 16.2. The predicted molar refractivity (Wildman–Crippen MR) is 90.6 cm³/mol. The molecule has 3 rings (SSSR count). The van der Waals surface area contributed by atoms with Gasteiger partial charge in [0.1, 0.15) is 0 Å². The van der Waals surface area contributed by atoms with Crippen LogP contribution in [0.15, 0.2) is 42.5 Å². The van der Waals surface area contributed by atoms with Gasteiger partial charge in [0.2, 0.25) is 5.91 Å². The van der Waals surface area contributed by atoms with Crippen molar-refractivity contribution in [1.29, 1.82) is 0 Å². The molecule has 2 atom stereocenters. The summed E-state index contributed by atoms with van der Waals surface area (Å²) in [6, 6.07) is 14.7. The van der Waals surface area contributed by atoms with Gasteiger partial charge in [0, 0.05) is 19.1 Å². The van der Waals surface area contributed by atoms with Crippen LogP contribution in [-0.2, 0) is 11.2 Å². The first-order chi connectivity index (χ1) is 10.6. The summed E-state index contributed by atoms with van der Waals surface area (Å²) in [6.07, 6.45) is 2.68. The molecule has 0 aromatic heterocycles. The lowest BCUT2D eigenvalue weighted by Gasteiger charge is -2.34. The number of fused-ring (bicyclic) bond motifs is 1. The van der Waals surface area contributed by atoms with E-state index in [1.54, 1.807) is 0 Å². The number of carbonyl (C=O) groups is 1. The Labute approximate surface area is 132 Å². The number of hydrogen-bond acceptors (Lipinski definition) is 2. The van der Waals surface area contributed by atoms with Crippen LogP contribution in [0.3, 0.4) is 0 Å². The van der Waals surface area contributed by atoms with Crippen LogP contribution in [0.2, 0.25) is 0 Å². The van der Waals surface area contributed by atoms with E-state index in [2.05, 4.69) is 30.3 Å². The minimum absolute atomic E-state index is 0.163. The normalized spacial score (nSPS) is 20.1. The fraction of sp³-hybridized carbons (Fsp3) is 0.421.